The molecule has 0 aliphatic carbocycles. The number of hydrogen-bond donors (Lipinski definition) is 2. The molecule has 0 heterocycles. The van der Waals surface area contributed by atoms with Crippen molar-refractivity contribution in [2.45, 2.75) is 39.3 Å². The SMILES string of the molecule is CCC(NC(C)c1cc(C)ccc1O)c1ccc(Br)cc1. The fraction of sp³-hybridized carbons (Fsp3) is 0.333. The number of hydrogen-bond acceptors (Lipinski definition) is 2. The van der Waals surface area contributed by atoms with Crippen LogP contribution < -0.4 is 5.32 Å². The molecule has 0 aliphatic rings. The van der Waals surface area contributed by atoms with E-state index in [0.717, 1.165) is 22.0 Å². The van der Waals surface area contributed by atoms with Gasteiger partial charge in [-0.2, -0.15) is 0 Å². The van der Waals surface area contributed by atoms with Crippen molar-refractivity contribution in [2.75, 3.05) is 0 Å². The first-order chi connectivity index (χ1) is 10.0. The minimum Gasteiger partial charge on any atom is -0.508 e. The van der Waals surface area contributed by atoms with Crippen molar-refractivity contribution in [3.05, 3.63) is 63.6 Å². The third-order valence-electron chi connectivity index (χ3n) is 3.78. The lowest BCUT2D eigenvalue weighted by molar-refractivity contribution is 0.424. The lowest BCUT2D eigenvalue weighted by Gasteiger charge is -2.24. The van der Waals surface area contributed by atoms with E-state index >= 15 is 0 Å². The Hall–Kier alpha value is -1.32. The molecule has 2 nitrogen and oxygen atoms in total. The van der Waals surface area contributed by atoms with Crippen molar-refractivity contribution in [3.63, 3.8) is 0 Å². The van der Waals surface area contributed by atoms with E-state index in [4.69, 9.17) is 0 Å². The van der Waals surface area contributed by atoms with E-state index in [-0.39, 0.29) is 12.1 Å². The van der Waals surface area contributed by atoms with Gasteiger partial charge in [0.15, 0.2) is 0 Å². The number of halogens is 1. The molecule has 2 aromatic rings. The van der Waals surface area contributed by atoms with Crippen LogP contribution in [0.5, 0.6) is 5.75 Å². The number of nitrogens with one attached hydrogen (secondary N) is 1. The second kappa shape index (κ2) is 7.10. The van der Waals surface area contributed by atoms with Gasteiger partial charge in [0, 0.05) is 22.1 Å². The van der Waals surface area contributed by atoms with E-state index in [1.165, 1.54) is 5.56 Å². The summed E-state index contributed by atoms with van der Waals surface area (Å²) >= 11 is 3.47. The summed E-state index contributed by atoms with van der Waals surface area (Å²) in [4.78, 5) is 0. The van der Waals surface area contributed by atoms with Gasteiger partial charge >= 0.3 is 0 Å². The van der Waals surface area contributed by atoms with Crippen molar-refractivity contribution in [3.8, 4) is 5.75 Å². The average molecular weight is 348 g/mol. The second-order valence-electron chi connectivity index (χ2n) is 5.46. The Morgan fingerprint density at radius 2 is 1.81 bits per heavy atom. The molecular weight excluding hydrogens is 326 g/mol. The van der Waals surface area contributed by atoms with Crippen LogP contribution in [0.15, 0.2) is 46.9 Å². The summed E-state index contributed by atoms with van der Waals surface area (Å²) < 4.78 is 1.09. The van der Waals surface area contributed by atoms with Gasteiger partial charge in [-0.3, -0.25) is 0 Å². The number of aryl methyl sites for hydroxylation is 1. The van der Waals surface area contributed by atoms with Gasteiger partial charge in [-0.25, -0.2) is 0 Å². The van der Waals surface area contributed by atoms with Gasteiger partial charge in [-0.15, -0.1) is 0 Å². The molecule has 0 saturated heterocycles. The molecule has 21 heavy (non-hydrogen) atoms. The summed E-state index contributed by atoms with van der Waals surface area (Å²) in [6, 6.07) is 14.5. The highest BCUT2D eigenvalue weighted by Crippen LogP contribution is 2.28. The predicted molar refractivity (Wildman–Crippen MR) is 91.6 cm³/mol. The third kappa shape index (κ3) is 4.08. The molecule has 2 unspecified atom stereocenters. The van der Waals surface area contributed by atoms with E-state index in [1.807, 2.05) is 19.1 Å². The van der Waals surface area contributed by atoms with E-state index in [2.05, 4.69) is 59.4 Å². The Kier molecular flexibility index (Phi) is 5.43. The van der Waals surface area contributed by atoms with Crippen molar-refractivity contribution in [1.29, 1.82) is 0 Å². The Balaban J connectivity index is 2.17. The Morgan fingerprint density at radius 3 is 2.43 bits per heavy atom. The third-order valence-corrected chi connectivity index (χ3v) is 4.31. The molecule has 0 saturated carbocycles. The van der Waals surface area contributed by atoms with Gasteiger partial charge in [0.2, 0.25) is 0 Å². The molecular formula is C18H22BrNO. The summed E-state index contributed by atoms with van der Waals surface area (Å²) in [6.07, 6.45) is 0.999. The lowest BCUT2D eigenvalue weighted by atomic mass is 10.00. The fourth-order valence-electron chi connectivity index (χ4n) is 2.56. The maximum Gasteiger partial charge on any atom is 0.120 e. The van der Waals surface area contributed by atoms with Crippen LogP contribution in [-0.2, 0) is 0 Å². The van der Waals surface area contributed by atoms with Crippen molar-refractivity contribution < 1.29 is 5.11 Å². The number of benzene rings is 2. The number of rotatable bonds is 5. The predicted octanol–water partition coefficient (Wildman–Crippen LogP) is 5.27. The molecule has 0 amide bonds. The van der Waals surface area contributed by atoms with Crippen LogP contribution in [0.1, 0.15) is 49.0 Å². The summed E-state index contributed by atoms with van der Waals surface area (Å²) in [5, 5.41) is 13.7. The van der Waals surface area contributed by atoms with Crippen LogP contribution in [0.3, 0.4) is 0 Å². The molecule has 3 heteroatoms. The van der Waals surface area contributed by atoms with Gasteiger partial charge < -0.3 is 10.4 Å². The van der Waals surface area contributed by atoms with E-state index in [0.29, 0.717) is 5.75 Å². The molecule has 2 N–H and O–H groups in total. The van der Waals surface area contributed by atoms with E-state index in [9.17, 15) is 5.11 Å². The molecule has 0 aliphatic heterocycles. The smallest absolute Gasteiger partial charge is 0.120 e. The van der Waals surface area contributed by atoms with Crippen LogP contribution >= 0.6 is 15.9 Å². The first-order valence-corrected chi connectivity index (χ1v) is 8.11. The molecule has 112 valence electrons. The summed E-state index contributed by atoms with van der Waals surface area (Å²) in [7, 11) is 0. The summed E-state index contributed by atoms with van der Waals surface area (Å²) in [6.45, 7) is 6.31. The van der Waals surface area contributed by atoms with E-state index < -0.39 is 0 Å². The zero-order valence-electron chi connectivity index (χ0n) is 12.7. The number of aromatic hydroxyl groups is 1. The standard InChI is InChI=1S/C18H22BrNO/c1-4-17(14-6-8-15(19)9-7-14)20-13(3)16-11-12(2)5-10-18(16)21/h5-11,13,17,20-21H,4H2,1-3H3. The molecule has 0 bridgehead atoms. The molecule has 0 radical (unpaired) electrons. The Morgan fingerprint density at radius 1 is 1.14 bits per heavy atom. The van der Waals surface area contributed by atoms with Gasteiger partial charge in [-0.1, -0.05) is 52.7 Å². The Labute approximate surface area is 135 Å². The zero-order chi connectivity index (χ0) is 15.4. The average Bonchev–Trinajstić information content (AvgIpc) is 2.48. The van der Waals surface area contributed by atoms with Gasteiger partial charge in [0.1, 0.15) is 5.75 Å². The van der Waals surface area contributed by atoms with Crippen molar-refractivity contribution in [1.82, 2.24) is 5.32 Å². The molecule has 0 fully saturated rings. The monoisotopic (exact) mass is 347 g/mol. The highest BCUT2D eigenvalue weighted by molar-refractivity contribution is 9.10. The minimum atomic E-state index is 0.0958. The molecule has 2 atom stereocenters. The Bertz CT molecular complexity index is 595. The van der Waals surface area contributed by atoms with Crippen LogP contribution in [0.25, 0.3) is 0 Å². The van der Waals surface area contributed by atoms with Crippen LogP contribution in [-0.4, -0.2) is 5.11 Å². The molecule has 0 spiro atoms. The largest absolute Gasteiger partial charge is 0.508 e. The zero-order valence-corrected chi connectivity index (χ0v) is 14.3. The molecule has 2 rings (SSSR count). The van der Waals surface area contributed by atoms with Crippen LogP contribution in [0, 0.1) is 6.92 Å². The summed E-state index contributed by atoms with van der Waals surface area (Å²) in [5.74, 6) is 0.353. The topological polar surface area (TPSA) is 32.3 Å². The minimum absolute atomic E-state index is 0.0958. The van der Waals surface area contributed by atoms with Gasteiger partial charge in [-0.05, 0) is 44.0 Å². The quantitative estimate of drug-likeness (QED) is 0.772. The van der Waals surface area contributed by atoms with Crippen molar-refractivity contribution in [2.24, 2.45) is 0 Å². The fourth-order valence-corrected chi connectivity index (χ4v) is 2.82. The first kappa shape index (κ1) is 16.1. The highest BCUT2D eigenvalue weighted by Gasteiger charge is 2.16. The first-order valence-electron chi connectivity index (χ1n) is 7.32. The molecule has 2 aromatic carbocycles. The van der Waals surface area contributed by atoms with Crippen LogP contribution in [0.2, 0.25) is 0 Å². The number of phenols is 1. The van der Waals surface area contributed by atoms with Gasteiger partial charge in [0.05, 0.1) is 0 Å². The van der Waals surface area contributed by atoms with Crippen molar-refractivity contribution >= 4 is 15.9 Å². The highest BCUT2D eigenvalue weighted by atomic mass is 79.9. The maximum absolute atomic E-state index is 10.1. The molecule has 0 aromatic heterocycles. The summed E-state index contributed by atoms with van der Waals surface area (Å²) in [5.41, 5.74) is 3.37. The normalized spacial score (nSPS) is 13.9. The van der Waals surface area contributed by atoms with E-state index in [1.54, 1.807) is 6.07 Å². The second-order valence-corrected chi connectivity index (χ2v) is 6.38. The number of phenolic OH excluding ortho intramolecular Hbond substituents is 1. The van der Waals surface area contributed by atoms with Crippen LogP contribution in [0.4, 0.5) is 0 Å². The maximum atomic E-state index is 10.1. The van der Waals surface area contributed by atoms with Gasteiger partial charge in [0.25, 0.3) is 0 Å². The lowest BCUT2D eigenvalue weighted by Crippen LogP contribution is -2.24.